The van der Waals surface area contributed by atoms with E-state index >= 15 is 0 Å². The molecule has 1 N–H and O–H groups in total. The molecule has 6 heteroatoms. The van der Waals surface area contributed by atoms with Gasteiger partial charge >= 0.3 is 0 Å². The summed E-state index contributed by atoms with van der Waals surface area (Å²) >= 11 is 1.77. The maximum absolute atomic E-state index is 10.3. The number of benzene rings is 1. The molecule has 1 unspecified atom stereocenters. The summed E-state index contributed by atoms with van der Waals surface area (Å²) in [5.41, 5.74) is 1.11. The molecule has 1 atom stereocenters. The number of aryl methyl sites for hydroxylation is 1. The van der Waals surface area contributed by atoms with E-state index in [9.17, 15) is 5.11 Å². The lowest BCUT2D eigenvalue weighted by Gasteiger charge is -2.24. The number of ether oxygens (including phenoxy) is 3. The summed E-state index contributed by atoms with van der Waals surface area (Å²) < 4.78 is 16.1. The van der Waals surface area contributed by atoms with Crippen LogP contribution >= 0.6 is 11.3 Å². The highest BCUT2D eigenvalue weighted by molar-refractivity contribution is 7.11. The zero-order valence-corrected chi connectivity index (χ0v) is 15.6. The van der Waals surface area contributed by atoms with Crippen molar-refractivity contribution in [1.29, 1.82) is 0 Å². The number of terminal acetylenes is 1. The highest BCUT2D eigenvalue weighted by Crippen LogP contribution is 2.33. The van der Waals surface area contributed by atoms with Gasteiger partial charge in [0.15, 0.2) is 11.5 Å². The van der Waals surface area contributed by atoms with Crippen LogP contribution in [0.5, 0.6) is 11.5 Å². The molecule has 2 aromatic rings. The minimum atomic E-state index is -0.599. The number of hydrogen-bond acceptors (Lipinski definition) is 6. The van der Waals surface area contributed by atoms with Crippen LogP contribution in [0.4, 0.5) is 0 Å². The van der Waals surface area contributed by atoms with Gasteiger partial charge in [-0.1, -0.05) is 12.0 Å². The smallest absolute Gasteiger partial charge is 0.231 e. The maximum atomic E-state index is 10.3. The number of hydrogen-bond donors (Lipinski definition) is 1. The number of thiophene rings is 1. The van der Waals surface area contributed by atoms with Crippen LogP contribution < -0.4 is 9.47 Å². The van der Waals surface area contributed by atoms with Crippen LogP contribution in [-0.4, -0.2) is 42.7 Å². The van der Waals surface area contributed by atoms with Crippen LogP contribution in [0.25, 0.3) is 0 Å². The first-order chi connectivity index (χ1) is 12.6. The predicted octanol–water partition coefficient (Wildman–Crippen LogP) is 2.80. The Morgan fingerprint density at radius 1 is 1.27 bits per heavy atom. The molecule has 0 saturated heterocycles. The van der Waals surface area contributed by atoms with Crippen molar-refractivity contribution in [2.24, 2.45) is 0 Å². The molecule has 0 radical (unpaired) electrons. The lowest BCUT2D eigenvalue weighted by atomic mass is 10.1. The molecule has 0 fully saturated rings. The third-order valence-electron chi connectivity index (χ3n) is 3.98. The molecule has 1 aromatic heterocycles. The summed E-state index contributed by atoms with van der Waals surface area (Å²) in [4.78, 5) is 4.74. The molecule has 3 rings (SSSR count). The molecule has 0 bridgehead atoms. The number of aliphatic hydroxyl groups is 1. The molecule has 0 amide bonds. The SMILES string of the molecule is C#CCOCC(O)CN(Cc1ccc2c(c1)OCO2)Cc1ccc(C)s1. The molecule has 0 saturated carbocycles. The van der Waals surface area contributed by atoms with E-state index in [1.165, 1.54) is 9.75 Å². The van der Waals surface area contributed by atoms with Crippen molar-refractivity contribution >= 4 is 11.3 Å². The summed E-state index contributed by atoms with van der Waals surface area (Å²) in [6, 6.07) is 10.2. The Balaban J connectivity index is 1.66. The molecule has 0 spiro atoms. The van der Waals surface area contributed by atoms with Gasteiger partial charge in [0, 0.05) is 29.4 Å². The highest BCUT2D eigenvalue weighted by atomic mass is 32.1. The Bertz CT molecular complexity index is 767. The monoisotopic (exact) mass is 373 g/mol. The predicted molar refractivity (Wildman–Crippen MR) is 101 cm³/mol. The average Bonchev–Trinajstić information content (AvgIpc) is 3.23. The van der Waals surface area contributed by atoms with Crippen molar-refractivity contribution in [2.75, 3.05) is 26.6 Å². The van der Waals surface area contributed by atoms with Crippen molar-refractivity contribution in [2.45, 2.75) is 26.1 Å². The van der Waals surface area contributed by atoms with Crippen molar-refractivity contribution in [3.8, 4) is 23.8 Å². The topological polar surface area (TPSA) is 51.2 Å². The van der Waals surface area contributed by atoms with Crippen molar-refractivity contribution in [1.82, 2.24) is 4.90 Å². The van der Waals surface area contributed by atoms with Gasteiger partial charge in [-0.2, -0.15) is 0 Å². The van der Waals surface area contributed by atoms with E-state index < -0.39 is 6.10 Å². The lowest BCUT2D eigenvalue weighted by molar-refractivity contribution is 0.0245. The molecule has 26 heavy (non-hydrogen) atoms. The van der Waals surface area contributed by atoms with Crippen molar-refractivity contribution in [3.63, 3.8) is 0 Å². The van der Waals surface area contributed by atoms with Crippen LogP contribution in [0.3, 0.4) is 0 Å². The Morgan fingerprint density at radius 3 is 2.88 bits per heavy atom. The minimum absolute atomic E-state index is 0.212. The molecule has 0 aliphatic carbocycles. The van der Waals surface area contributed by atoms with E-state index in [1.54, 1.807) is 11.3 Å². The number of rotatable bonds is 9. The van der Waals surface area contributed by atoms with E-state index in [1.807, 2.05) is 18.2 Å². The van der Waals surface area contributed by atoms with E-state index in [0.717, 1.165) is 23.6 Å². The van der Waals surface area contributed by atoms with Crippen LogP contribution in [0.2, 0.25) is 0 Å². The second-order valence-electron chi connectivity index (χ2n) is 6.24. The quantitative estimate of drug-likeness (QED) is 0.541. The highest BCUT2D eigenvalue weighted by Gasteiger charge is 2.17. The van der Waals surface area contributed by atoms with Gasteiger partial charge < -0.3 is 19.3 Å². The largest absolute Gasteiger partial charge is 0.454 e. The number of fused-ring (bicyclic) bond motifs is 1. The van der Waals surface area contributed by atoms with Gasteiger partial charge in [0.2, 0.25) is 6.79 Å². The molecule has 1 aliphatic heterocycles. The third kappa shape index (κ3) is 5.23. The Kier molecular flexibility index (Phi) is 6.53. The fourth-order valence-electron chi connectivity index (χ4n) is 2.88. The van der Waals surface area contributed by atoms with Gasteiger partial charge in [0.1, 0.15) is 6.61 Å². The second-order valence-corrected chi connectivity index (χ2v) is 7.62. The Morgan fingerprint density at radius 2 is 2.12 bits per heavy atom. The first-order valence-corrected chi connectivity index (χ1v) is 9.31. The molecule has 5 nitrogen and oxygen atoms in total. The van der Waals surface area contributed by atoms with Gasteiger partial charge in [0.25, 0.3) is 0 Å². The normalized spacial score (nSPS) is 13.8. The molecule has 1 aromatic carbocycles. The van der Waals surface area contributed by atoms with Gasteiger partial charge in [-0.15, -0.1) is 17.8 Å². The van der Waals surface area contributed by atoms with Gasteiger partial charge in [-0.05, 0) is 36.8 Å². The fraction of sp³-hybridized carbons (Fsp3) is 0.400. The van der Waals surface area contributed by atoms with E-state index in [0.29, 0.717) is 13.1 Å². The first-order valence-electron chi connectivity index (χ1n) is 8.49. The molecule has 138 valence electrons. The number of nitrogens with zero attached hydrogens (tertiary/aromatic N) is 1. The van der Waals surface area contributed by atoms with E-state index in [-0.39, 0.29) is 20.0 Å². The lowest BCUT2D eigenvalue weighted by Crippen LogP contribution is -2.34. The Labute approximate surface area is 158 Å². The fourth-order valence-corrected chi connectivity index (χ4v) is 3.81. The van der Waals surface area contributed by atoms with Gasteiger partial charge in [-0.3, -0.25) is 4.90 Å². The zero-order chi connectivity index (χ0) is 18.4. The summed E-state index contributed by atoms with van der Waals surface area (Å²) in [6.45, 7) is 4.75. The third-order valence-corrected chi connectivity index (χ3v) is 4.97. The summed E-state index contributed by atoms with van der Waals surface area (Å²) in [5, 5.41) is 10.3. The van der Waals surface area contributed by atoms with E-state index in [4.69, 9.17) is 20.6 Å². The van der Waals surface area contributed by atoms with Crippen LogP contribution in [0.15, 0.2) is 30.3 Å². The summed E-state index contributed by atoms with van der Waals surface area (Å²) in [6.07, 6.45) is 4.58. The maximum Gasteiger partial charge on any atom is 0.231 e. The molecule has 1 aliphatic rings. The Hall–Kier alpha value is -2.04. The van der Waals surface area contributed by atoms with Gasteiger partial charge in [0.05, 0.1) is 12.7 Å². The van der Waals surface area contributed by atoms with E-state index in [2.05, 4.69) is 29.9 Å². The standard InChI is InChI=1S/C20H23NO4S/c1-3-8-23-13-17(22)11-21(12-18-6-4-15(2)26-18)10-16-5-7-19-20(9-16)25-14-24-19/h1,4-7,9,17,22H,8,10-14H2,2H3. The van der Waals surface area contributed by atoms with Gasteiger partial charge in [-0.25, -0.2) is 0 Å². The second kappa shape index (κ2) is 9.06. The van der Waals surface area contributed by atoms with Crippen LogP contribution in [0, 0.1) is 19.3 Å². The average molecular weight is 373 g/mol. The van der Waals surface area contributed by atoms with Crippen molar-refractivity contribution < 1.29 is 19.3 Å². The molecular formula is C20H23NO4S. The summed E-state index contributed by atoms with van der Waals surface area (Å²) in [5.74, 6) is 3.96. The minimum Gasteiger partial charge on any atom is -0.454 e. The first kappa shape index (κ1) is 18.7. The summed E-state index contributed by atoms with van der Waals surface area (Å²) in [7, 11) is 0. The zero-order valence-electron chi connectivity index (χ0n) is 14.8. The number of aliphatic hydroxyl groups excluding tert-OH is 1. The molecular weight excluding hydrogens is 350 g/mol. The molecule has 2 heterocycles. The van der Waals surface area contributed by atoms with Crippen LogP contribution in [0.1, 0.15) is 15.3 Å². The van der Waals surface area contributed by atoms with Crippen molar-refractivity contribution in [3.05, 3.63) is 45.6 Å². The van der Waals surface area contributed by atoms with Crippen LogP contribution in [-0.2, 0) is 17.8 Å².